The van der Waals surface area contributed by atoms with E-state index in [1.165, 1.54) is 31.4 Å². The molecule has 4 bridgehead atoms. The summed E-state index contributed by atoms with van der Waals surface area (Å²) in [6, 6.07) is 4.73. The van der Waals surface area contributed by atoms with Crippen LogP contribution in [0.2, 0.25) is 0 Å². The number of nitrogens with one attached hydrogen (secondary N) is 2. The van der Waals surface area contributed by atoms with Gasteiger partial charge in [0, 0.05) is 24.9 Å². The molecule has 29 heavy (non-hydrogen) atoms. The lowest BCUT2D eigenvalue weighted by Gasteiger charge is -2.55. The van der Waals surface area contributed by atoms with Crippen molar-refractivity contribution < 1.29 is 22.8 Å². The van der Waals surface area contributed by atoms with Gasteiger partial charge in [0.2, 0.25) is 11.8 Å². The smallest absolute Gasteiger partial charge is 0.355 e. The van der Waals surface area contributed by atoms with E-state index in [0.29, 0.717) is 29.9 Å². The Morgan fingerprint density at radius 3 is 2.00 bits per heavy atom. The number of alkyl halides is 3. The number of halogens is 3. The van der Waals surface area contributed by atoms with Crippen LogP contribution < -0.4 is 10.6 Å². The molecule has 0 radical (unpaired) electrons. The highest BCUT2D eigenvalue weighted by Gasteiger charge is 2.54. The monoisotopic (exact) mass is 408 g/mol. The summed E-state index contributed by atoms with van der Waals surface area (Å²) in [5.41, 5.74) is -0.324. The molecule has 2 amide bonds. The number of hydrogen-bond acceptors (Lipinski definition) is 2. The van der Waals surface area contributed by atoms with E-state index in [0.717, 1.165) is 31.4 Å². The molecule has 0 saturated heterocycles. The van der Waals surface area contributed by atoms with Crippen LogP contribution >= 0.6 is 0 Å². The van der Waals surface area contributed by atoms with Gasteiger partial charge in [-0.05, 0) is 74.0 Å². The summed E-state index contributed by atoms with van der Waals surface area (Å²) in [7, 11) is 0. The van der Waals surface area contributed by atoms with E-state index >= 15 is 0 Å². The average Bonchev–Trinajstić information content (AvgIpc) is 2.65. The third-order valence-corrected chi connectivity index (χ3v) is 6.93. The third kappa shape index (κ3) is 4.43. The van der Waals surface area contributed by atoms with Gasteiger partial charge in [-0.15, -0.1) is 0 Å². The van der Waals surface area contributed by atoms with Crippen LogP contribution in [0.1, 0.15) is 56.1 Å². The fourth-order valence-corrected chi connectivity index (χ4v) is 5.97. The lowest BCUT2D eigenvalue weighted by atomic mass is 9.49. The van der Waals surface area contributed by atoms with Crippen molar-refractivity contribution in [3.05, 3.63) is 35.4 Å². The van der Waals surface area contributed by atoms with E-state index in [-0.39, 0.29) is 30.2 Å². The summed E-state index contributed by atoms with van der Waals surface area (Å²) in [4.78, 5) is 24.9. The SMILES string of the molecule is O=C(CCNC(=O)C12CC3CC(CC(C3)C1)C2)NCc1ccc(C(F)(F)F)cc1. The lowest BCUT2D eigenvalue weighted by Crippen LogP contribution is -2.53. The Morgan fingerprint density at radius 2 is 1.48 bits per heavy atom. The number of carbonyl (C=O) groups is 2. The molecule has 4 saturated carbocycles. The van der Waals surface area contributed by atoms with E-state index in [1.54, 1.807) is 0 Å². The Labute approximate surface area is 168 Å². The molecular formula is C22H27F3N2O2. The van der Waals surface area contributed by atoms with Crippen LogP contribution in [-0.2, 0) is 22.3 Å². The fraction of sp³-hybridized carbons (Fsp3) is 0.636. The molecule has 0 atom stereocenters. The average molecular weight is 408 g/mol. The second kappa shape index (κ2) is 7.65. The Kier molecular flexibility index (Phi) is 5.34. The van der Waals surface area contributed by atoms with Crippen LogP contribution in [-0.4, -0.2) is 18.4 Å². The van der Waals surface area contributed by atoms with Crippen molar-refractivity contribution in [1.82, 2.24) is 10.6 Å². The molecule has 4 fully saturated rings. The van der Waals surface area contributed by atoms with E-state index in [9.17, 15) is 22.8 Å². The number of amides is 2. The molecule has 1 aromatic carbocycles. The van der Waals surface area contributed by atoms with Gasteiger partial charge in [-0.25, -0.2) is 0 Å². The summed E-state index contributed by atoms with van der Waals surface area (Å²) in [5.74, 6) is 1.96. The first-order chi connectivity index (χ1) is 13.7. The minimum atomic E-state index is -4.36. The molecule has 4 nitrogen and oxygen atoms in total. The molecular weight excluding hydrogens is 381 g/mol. The highest BCUT2D eigenvalue weighted by Crippen LogP contribution is 2.60. The zero-order valence-electron chi connectivity index (χ0n) is 16.4. The zero-order chi connectivity index (χ0) is 20.6. The van der Waals surface area contributed by atoms with Crippen molar-refractivity contribution in [3.8, 4) is 0 Å². The molecule has 4 aliphatic carbocycles. The van der Waals surface area contributed by atoms with Crippen molar-refractivity contribution in [2.45, 2.75) is 57.7 Å². The van der Waals surface area contributed by atoms with E-state index in [4.69, 9.17) is 0 Å². The zero-order valence-corrected chi connectivity index (χ0v) is 16.4. The van der Waals surface area contributed by atoms with E-state index in [1.807, 2.05) is 0 Å². The maximum Gasteiger partial charge on any atom is 0.416 e. The Hall–Kier alpha value is -2.05. The van der Waals surface area contributed by atoms with Gasteiger partial charge in [0.1, 0.15) is 0 Å². The maximum absolute atomic E-state index is 12.8. The van der Waals surface area contributed by atoms with Gasteiger partial charge < -0.3 is 10.6 Å². The molecule has 0 heterocycles. The molecule has 158 valence electrons. The normalized spacial score (nSPS) is 30.2. The highest BCUT2D eigenvalue weighted by atomic mass is 19.4. The molecule has 0 spiro atoms. The summed E-state index contributed by atoms with van der Waals surface area (Å²) in [6.07, 6.45) is 2.60. The fourth-order valence-electron chi connectivity index (χ4n) is 5.97. The topological polar surface area (TPSA) is 58.2 Å². The molecule has 2 N–H and O–H groups in total. The third-order valence-electron chi connectivity index (χ3n) is 6.93. The van der Waals surface area contributed by atoms with Crippen molar-refractivity contribution in [3.63, 3.8) is 0 Å². The predicted molar refractivity (Wildman–Crippen MR) is 102 cm³/mol. The van der Waals surface area contributed by atoms with Gasteiger partial charge in [-0.1, -0.05) is 12.1 Å². The van der Waals surface area contributed by atoms with Crippen LogP contribution in [0.4, 0.5) is 13.2 Å². The maximum atomic E-state index is 12.8. The van der Waals surface area contributed by atoms with Crippen molar-refractivity contribution in [2.75, 3.05) is 6.54 Å². The van der Waals surface area contributed by atoms with Gasteiger partial charge in [-0.2, -0.15) is 13.2 Å². The van der Waals surface area contributed by atoms with Crippen molar-refractivity contribution >= 4 is 11.8 Å². The first-order valence-electron chi connectivity index (χ1n) is 10.4. The summed E-state index contributed by atoms with van der Waals surface area (Å²) >= 11 is 0. The Morgan fingerprint density at radius 1 is 0.931 bits per heavy atom. The quantitative estimate of drug-likeness (QED) is 0.746. The second-order valence-electron chi connectivity index (χ2n) is 9.18. The molecule has 0 unspecified atom stereocenters. The van der Waals surface area contributed by atoms with Gasteiger partial charge in [0.25, 0.3) is 0 Å². The van der Waals surface area contributed by atoms with Gasteiger partial charge in [0.05, 0.1) is 5.56 Å². The van der Waals surface area contributed by atoms with Gasteiger partial charge >= 0.3 is 6.18 Å². The van der Waals surface area contributed by atoms with Crippen molar-refractivity contribution in [1.29, 1.82) is 0 Å². The molecule has 7 heteroatoms. The van der Waals surface area contributed by atoms with Crippen LogP contribution in [0, 0.1) is 23.2 Å². The minimum Gasteiger partial charge on any atom is -0.355 e. The largest absolute Gasteiger partial charge is 0.416 e. The van der Waals surface area contributed by atoms with Crippen LogP contribution in [0.3, 0.4) is 0 Å². The van der Waals surface area contributed by atoms with Crippen LogP contribution in [0.25, 0.3) is 0 Å². The predicted octanol–water partition coefficient (Wildman–Crippen LogP) is 4.04. The second-order valence-corrected chi connectivity index (χ2v) is 9.18. The summed E-state index contributed by atoms with van der Waals surface area (Å²) < 4.78 is 37.7. The molecule has 0 aliphatic heterocycles. The minimum absolute atomic E-state index is 0.104. The number of rotatable bonds is 6. The molecule has 1 aromatic rings. The highest BCUT2D eigenvalue weighted by molar-refractivity contribution is 5.84. The summed E-state index contributed by atoms with van der Waals surface area (Å²) in [5, 5.41) is 5.66. The van der Waals surface area contributed by atoms with Gasteiger partial charge in [0.15, 0.2) is 0 Å². The number of hydrogen-bond donors (Lipinski definition) is 2. The Bertz CT molecular complexity index is 738. The first kappa shape index (κ1) is 20.2. The van der Waals surface area contributed by atoms with Crippen LogP contribution in [0.5, 0.6) is 0 Å². The summed E-state index contributed by atoms with van der Waals surface area (Å²) in [6.45, 7) is 0.458. The number of benzene rings is 1. The molecule has 4 aliphatic rings. The molecule has 5 rings (SSSR count). The van der Waals surface area contributed by atoms with E-state index < -0.39 is 11.7 Å². The van der Waals surface area contributed by atoms with Gasteiger partial charge in [-0.3, -0.25) is 9.59 Å². The lowest BCUT2D eigenvalue weighted by molar-refractivity contribution is -0.146. The Balaban J connectivity index is 1.20. The van der Waals surface area contributed by atoms with Crippen molar-refractivity contribution in [2.24, 2.45) is 23.2 Å². The number of carbonyl (C=O) groups excluding carboxylic acids is 2. The first-order valence-corrected chi connectivity index (χ1v) is 10.4. The van der Waals surface area contributed by atoms with Crippen LogP contribution in [0.15, 0.2) is 24.3 Å². The molecule has 0 aromatic heterocycles. The standard InChI is InChI=1S/C22H27F3N2O2/c23-22(24,25)18-3-1-14(2-4-18)13-27-19(28)5-6-26-20(29)21-10-15-7-16(11-21)9-17(8-15)12-21/h1-4,15-17H,5-13H2,(H,26,29)(H,27,28). The van der Waals surface area contributed by atoms with E-state index in [2.05, 4.69) is 10.6 Å².